The monoisotopic (exact) mass is 194 g/mol. The highest BCUT2D eigenvalue weighted by molar-refractivity contribution is 5.84. The summed E-state index contributed by atoms with van der Waals surface area (Å²) in [7, 11) is 0. The molecule has 0 radical (unpaired) electrons. The smallest absolute Gasteiger partial charge is 0.244 e. The molecule has 0 fully saturated rings. The summed E-state index contributed by atoms with van der Waals surface area (Å²) in [5.74, 6) is -0.802. The Balaban J connectivity index is 3.04. The predicted molar refractivity (Wildman–Crippen MR) is 49.2 cm³/mol. The van der Waals surface area contributed by atoms with Crippen LogP contribution in [0.5, 0.6) is 5.75 Å². The van der Waals surface area contributed by atoms with Crippen LogP contribution in [0.3, 0.4) is 0 Å². The Morgan fingerprint density at radius 2 is 2.14 bits per heavy atom. The summed E-state index contributed by atoms with van der Waals surface area (Å²) in [5.41, 5.74) is 5.34. The molecule has 74 valence electrons. The Kier molecular flexibility index (Phi) is 3.06. The number of carbonyl (C=O) groups excluding carboxylic acids is 2. The Hall–Kier alpha value is -2.04. The van der Waals surface area contributed by atoms with Crippen molar-refractivity contribution in [1.82, 2.24) is 5.32 Å². The van der Waals surface area contributed by atoms with Crippen LogP contribution in [0.25, 0.3) is 0 Å². The third-order valence-electron chi connectivity index (χ3n) is 1.77. The minimum atomic E-state index is -0.992. The van der Waals surface area contributed by atoms with Crippen molar-refractivity contribution in [2.75, 3.05) is 0 Å². The van der Waals surface area contributed by atoms with Crippen molar-refractivity contribution in [3.05, 3.63) is 29.8 Å². The number of aromatic hydroxyl groups is 1. The van der Waals surface area contributed by atoms with Crippen LogP contribution in [0.2, 0.25) is 0 Å². The van der Waals surface area contributed by atoms with Gasteiger partial charge in [0.05, 0.1) is 0 Å². The van der Waals surface area contributed by atoms with Crippen molar-refractivity contribution in [2.24, 2.45) is 5.73 Å². The number of phenols is 1. The number of hydrogen-bond acceptors (Lipinski definition) is 3. The maximum absolute atomic E-state index is 10.9. The molecule has 0 saturated carbocycles. The normalized spacial score (nSPS) is 11.7. The minimum absolute atomic E-state index is 0.0781. The van der Waals surface area contributed by atoms with Crippen LogP contribution in [-0.2, 0) is 9.59 Å². The summed E-state index contributed by atoms with van der Waals surface area (Å²) in [6.45, 7) is 0. The van der Waals surface area contributed by atoms with Gasteiger partial charge in [-0.05, 0) is 6.07 Å². The zero-order valence-electron chi connectivity index (χ0n) is 7.31. The van der Waals surface area contributed by atoms with Crippen LogP contribution in [0, 0.1) is 0 Å². The summed E-state index contributed by atoms with van der Waals surface area (Å²) in [6.07, 6.45) is 0.363. The zero-order valence-corrected chi connectivity index (χ0v) is 7.31. The van der Waals surface area contributed by atoms with Crippen LogP contribution in [0.1, 0.15) is 11.6 Å². The summed E-state index contributed by atoms with van der Waals surface area (Å²) in [5, 5.41) is 11.6. The molecule has 5 heteroatoms. The van der Waals surface area contributed by atoms with Gasteiger partial charge in [0.15, 0.2) is 0 Å². The number of para-hydroxylation sites is 1. The summed E-state index contributed by atoms with van der Waals surface area (Å²) < 4.78 is 0. The molecule has 1 atom stereocenters. The number of amides is 2. The van der Waals surface area contributed by atoms with Gasteiger partial charge in [0, 0.05) is 5.56 Å². The van der Waals surface area contributed by atoms with Gasteiger partial charge in [-0.25, -0.2) is 0 Å². The number of carbonyl (C=O) groups is 2. The predicted octanol–water partition coefficient (Wildman–Crippen LogP) is -0.335. The molecule has 5 nitrogen and oxygen atoms in total. The van der Waals surface area contributed by atoms with E-state index in [1.807, 2.05) is 0 Å². The van der Waals surface area contributed by atoms with Gasteiger partial charge in [-0.1, -0.05) is 18.2 Å². The van der Waals surface area contributed by atoms with Crippen molar-refractivity contribution in [3.63, 3.8) is 0 Å². The molecule has 4 N–H and O–H groups in total. The topological polar surface area (TPSA) is 92.4 Å². The maximum atomic E-state index is 10.9. The third-order valence-corrected chi connectivity index (χ3v) is 1.77. The molecule has 0 heterocycles. The van der Waals surface area contributed by atoms with Gasteiger partial charge in [-0.15, -0.1) is 0 Å². The second-order valence-electron chi connectivity index (χ2n) is 2.68. The van der Waals surface area contributed by atoms with Crippen molar-refractivity contribution >= 4 is 12.3 Å². The number of rotatable bonds is 4. The first-order valence-corrected chi connectivity index (χ1v) is 3.93. The Labute approximate surface area is 80.5 Å². The molecule has 0 aliphatic carbocycles. The van der Waals surface area contributed by atoms with E-state index >= 15 is 0 Å². The Morgan fingerprint density at radius 1 is 1.50 bits per heavy atom. The van der Waals surface area contributed by atoms with Gasteiger partial charge >= 0.3 is 0 Å². The molecule has 0 aliphatic rings. The molecule has 2 amide bonds. The highest BCUT2D eigenvalue weighted by Gasteiger charge is 2.19. The lowest BCUT2D eigenvalue weighted by Gasteiger charge is -2.13. The number of primary amides is 1. The summed E-state index contributed by atoms with van der Waals surface area (Å²) in [4.78, 5) is 21.1. The molecule has 0 bridgehead atoms. The molecular formula is C9H10N2O3. The van der Waals surface area contributed by atoms with E-state index in [0.717, 1.165) is 0 Å². The van der Waals surface area contributed by atoms with Crippen molar-refractivity contribution in [3.8, 4) is 5.75 Å². The fourth-order valence-corrected chi connectivity index (χ4v) is 1.12. The molecule has 14 heavy (non-hydrogen) atoms. The lowest BCUT2D eigenvalue weighted by Crippen LogP contribution is -2.32. The molecule has 1 aromatic rings. The number of nitrogens with one attached hydrogen (secondary N) is 1. The van der Waals surface area contributed by atoms with Gasteiger partial charge in [-0.3, -0.25) is 9.59 Å². The molecule has 1 unspecified atom stereocenters. The van der Waals surface area contributed by atoms with E-state index in [-0.39, 0.29) is 11.3 Å². The van der Waals surface area contributed by atoms with E-state index in [4.69, 9.17) is 5.73 Å². The van der Waals surface area contributed by atoms with Gasteiger partial charge in [0.25, 0.3) is 0 Å². The number of phenolic OH excluding ortho intramolecular Hbond substituents is 1. The van der Waals surface area contributed by atoms with Crippen molar-refractivity contribution < 1.29 is 14.7 Å². The van der Waals surface area contributed by atoms with Crippen molar-refractivity contribution in [2.45, 2.75) is 6.04 Å². The fourth-order valence-electron chi connectivity index (χ4n) is 1.12. The Morgan fingerprint density at radius 3 is 2.64 bits per heavy atom. The van der Waals surface area contributed by atoms with Crippen LogP contribution in [0.4, 0.5) is 0 Å². The number of nitrogens with two attached hydrogens (primary N) is 1. The quantitative estimate of drug-likeness (QED) is 0.573. The van der Waals surface area contributed by atoms with Gasteiger partial charge < -0.3 is 16.2 Å². The lowest BCUT2D eigenvalue weighted by atomic mass is 10.1. The zero-order chi connectivity index (χ0) is 10.6. The first-order chi connectivity index (χ1) is 6.66. The average molecular weight is 194 g/mol. The van der Waals surface area contributed by atoms with Crippen LogP contribution < -0.4 is 11.1 Å². The van der Waals surface area contributed by atoms with Crippen LogP contribution in [0.15, 0.2) is 24.3 Å². The second-order valence-corrected chi connectivity index (χ2v) is 2.68. The van der Waals surface area contributed by atoms with E-state index in [2.05, 4.69) is 5.32 Å². The van der Waals surface area contributed by atoms with E-state index < -0.39 is 11.9 Å². The van der Waals surface area contributed by atoms with Crippen molar-refractivity contribution in [1.29, 1.82) is 0 Å². The molecule has 1 rings (SSSR count). The van der Waals surface area contributed by atoms with Gasteiger partial charge in [0.1, 0.15) is 11.8 Å². The van der Waals surface area contributed by atoms with E-state index in [1.165, 1.54) is 12.1 Å². The standard InChI is InChI=1S/C9H10N2O3/c10-9(14)8(11-5-12)6-3-1-2-4-7(6)13/h1-5,8,13H,(H2,10,14)(H,11,12). The number of benzene rings is 1. The molecule has 0 aliphatic heterocycles. The van der Waals surface area contributed by atoms with Crippen LogP contribution in [-0.4, -0.2) is 17.4 Å². The molecular weight excluding hydrogens is 184 g/mol. The third kappa shape index (κ3) is 2.01. The largest absolute Gasteiger partial charge is 0.508 e. The Bertz CT molecular complexity index is 352. The van der Waals surface area contributed by atoms with Gasteiger partial charge in [0.2, 0.25) is 12.3 Å². The maximum Gasteiger partial charge on any atom is 0.244 e. The van der Waals surface area contributed by atoms with E-state index in [9.17, 15) is 14.7 Å². The summed E-state index contributed by atoms with van der Waals surface area (Å²) in [6, 6.07) is 5.18. The van der Waals surface area contributed by atoms with E-state index in [1.54, 1.807) is 12.1 Å². The van der Waals surface area contributed by atoms with Crippen LogP contribution >= 0.6 is 0 Å². The SMILES string of the molecule is NC(=O)C(NC=O)c1ccccc1O. The molecule has 0 aromatic heterocycles. The first-order valence-electron chi connectivity index (χ1n) is 3.93. The lowest BCUT2D eigenvalue weighted by molar-refractivity contribution is -0.122. The first kappa shape index (κ1) is 10.0. The molecule has 1 aromatic carbocycles. The van der Waals surface area contributed by atoms with Gasteiger partial charge in [-0.2, -0.15) is 0 Å². The summed E-state index contributed by atoms with van der Waals surface area (Å²) >= 11 is 0. The molecule has 0 spiro atoms. The number of hydrogen-bond donors (Lipinski definition) is 3. The average Bonchev–Trinajstić information content (AvgIpc) is 2.15. The fraction of sp³-hybridized carbons (Fsp3) is 0.111. The highest BCUT2D eigenvalue weighted by atomic mass is 16.3. The van der Waals surface area contributed by atoms with E-state index in [0.29, 0.717) is 6.41 Å². The second kappa shape index (κ2) is 4.27. The molecule has 0 saturated heterocycles. The highest BCUT2D eigenvalue weighted by Crippen LogP contribution is 2.22. The minimum Gasteiger partial charge on any atom is -0.508 e.